The second-order valence-corrected chi connectivity index (χ2v) is 16.4. The maximum atomic E-state index is 13.9. The molecule has 2 fully saturated rings. The van der Waals surface area contributed by atoms with Crippen LogP contribution in [0.5, 0.6) is 0 Å². The molecule has 41 heavy (non-hydrogen) atoms. The van der Waals surface area contributed by atoms with Crippen LogP contribution in [0.25, 0.3) is 0 Å². The lowest BCUT2D eigenvalue weighted by molar-refractivity contribution is -0.133. The smallest absolute Gasteiger partial charge is 0.140 e. The van der Waals surface area contributed by atoms with Crippen LogP contribution < -0.4 is 0 Å². The van der Waals surface area contributed by atoms with Gasteiger partial charge in [0.15, 0.2) is 0 Å². The highest BCUT2D eigenvalue weighted by Crippen LogP contribution is 2.53. The molecule has 0 aromatic rings. The normalized spacial score (nSPS) is 30.3. The Kier molecular flexibility index (Phi) is 13.1. The van der Waals surface area contributed by atoms with Gasteiger partial charge in [0.1, 0.15) is 5.78 Å². The van der Waals surface area contributed by atoms with E-state index < -0.39 is 0 Å². The second kappa shape index (κ2) is 15.6. The molecule has 0 bridgehead atoms. The quantitative estimate of drug-likeness (QED) is 0.156. The number of halogens is 1. The summed E-state index contributed by atoms with van der Waals surface area (Å²) >= 11 is 7.06. The minimum atomic E-state index is 0.104. The summed E-state index contributed by atoms with van der Waals surface area (Å²) in [5.74, 6) is 3.47. The van der Waals surface area contributed by atoms with Gasteiger partial charge in [0.05, 0.1) is 0 Å². The van der Waals surface area contributed by atoms with Gasteiger partial charge in [-0.15, -0.1) is 11.6 Å². The first kappa shape index (κ1) is 34.4. The molecule has 8 atom stereocenters. The summed E-state index contributed by atoms with van der Waals surface area (Å²) in [5, 5.41) is 0.131. The molecule has 0 amide bonds. The predicted octanol–water partition coefficient (Wildman–Crippen LogP) is 12.1. The Hall–Kier alpha value is -1.08. The maximum Gasteiger partial charge on any atom is 0.140 e. The SMILES string of the molecule is C=C1C2CC=C(CC/C=C(\C)CCC=C(C)C)CC2C(=O)C2CC(Cl)C(CCC(C)C(C)CCCC(C)(C)C)CC12. The van der Waals surface area contributed by atoms with Crippen molar-refractivity contribution in [2.45, 2.75) is 144 Å². The monoisotopic (exact) mass is 582 g/mol. The second-order valence-electron chi connectivity index (χ2n) is 15.8. The number of alkyl halides is 1. The molecule has 3 rings (SSSR count). The van der Waals surface area contributed by atoms with Gasteiger partial charge in [0.2, 0.25) is 0 Å². The number of hydrogen-bond acceptors (Lipinski definition) is 1. The number of hydrogen-bond donors (Lipinski definition) is 0. The number of carbonyl (C=O) groups is 1. The highest BCUT2D eigenvalue weighted by Gasteiger charge is 2.50. The Bertz CT molecular complexity index is 970. The van der Waals surface area contributed by atoms with Crippen molar-refractivity contribution in [3.05, 3.63) is 47.1 Å². The summed E-state index contributed by atoms with van der Waals surface area (Å²) < 4.78 is 0. The van der Waals surface area contributed by atoms with E-state index >= 15 is 0 Å². The fraction of sp³-hybridized carbons (Fsp3) is 0.769. The van der Waals surface area contributed by atoms with Gasteiger partial charge in [-0.2, -0.15) is 0 Å². The first-order valence-electron chi connectivity index (χ1n) is 17.1. The molecule has 3 aliphatic carbocycles. The Balaban J connectivity index is 1.51. The van der Waals surface area contributed by atoms with Crippen LogP contribution in [0, 0.1) is 46.8 Å². The van der Waals surface area contributed by atoms with Crippen LogP contribution in [-0.4, -0.2) is 11.2 Å². The van der Waals surface area contributed by atoms with E-state index in [9.17, 15) is 4.79 Å². The molecule has 0 radical (unpaired) electrons. The number of allylic oxidation sites excluding steroid dienone is 7. The third-order valence-corrected chi connectivity index (χ3v) is 11.5. The number of carbonyl (C=O) groups excluding carboxylic acids is 1. The molecule has 3 aliphatic rings. The van der Waals surface area contributed by atoms with Crippen LogP contribution >= 0.6 is 11.6 Å². The first-order valence-corrected chi connectivity index (χ1v) is 17.5. The topological polar surface area (TPSA) is 17.1 Å². The molecule has 0 aromatic heterocycles. The fourth-order valence-electron chi connectivity index (χ4n) is 7.88. The predicted molar refractivity (Wildman–Crippen MR) is 180 cm³/mol. The largest absolute Gasteiger partial charge is 0.299 e. The third-order valence-electron chi connectivity index (χ3n) is 10.9. The Labute approximate surface area is 259 Å². The van der Waals surface area contributed by atoms with E-state index in [1.807, 2.05) is 0 Å². The van der Waals surface area contributed by atoms with Crippen LogP contribution in [0.1, 0.15) is 139 Å². The van der Waals surface area contributed by atoms with E-state index in [1.165, 1.54) is 54.4 Å². The third kappa shape index (κ3) is 10.3. The number of Topliss-reactive ketones (excluding diaryl/α,β-unsaturated/α-hetero) is 1. The molecule has 0 heterocycles. The molecule has 232 valence electrons. The van der Waals surface area contributed by atoms with Crippen LogP contribution in [-0.2, 0) is 4.79 Å². The van der Waals surface area contributed by atoms with Crippen molar-refractivity contribution in [2.75, 3.05) is 0 Å². The van der Waals surface area contributed by atoms with E-state index in [0.29, 0.717) is 29.0 Å². The first-order chi connectivity index (χ1) is 19.3. The van der Waals surface area contributed by atoms with Gasteiger partial charge >= 0.3 is 0 Å². The van der Waals surface area contributed by atoms with Gasteiger partial charge in [-0.3, -0.25) is 4.79 Å². The van der Waals surface area contributed by atoms with Gasteiger partial charge in [0.25, 0.3) is 0 Å². The lowest BCUT2D eigenvalue weighted by Gasteiger charge is -2.49. The van der Waals surface area contributed by atoms with Crippen molar-refractivity contribution < 1.29 is 4.79 Å². The minimum Gasteiger partial charge on any atom is -0.299 e. The molecular weight excluding hydrogens is 520 g/mol. The zero-order valence-electron chi connectivity index (χ0n) is 28.0. The Morgan fingerprint density at radius 2 is 1.71 bits per heavy atom. The van der Waals surface area contributed by atoms with Crippen molar-refractivity contribution in [3.8, 4) is 0 Å². The summed E-state index contributed by atoms with van der Waals surface area (Å²) in [5.41, 5.74) is 6.18. The van der Waals surface area contributed by atoms with Crippen molar-refractivity contribution in [2.24, 2.45) is 46.8 Å². The Morgan fingerprint density at radius 1 is 1.00 bits per heavy atom. The molecule has 0 N–H and O–H groups in total. The van der Waals surface area contributed by atoms with E-state index in [0.717, 1.165) is 63.2 Å². The lowest BCUT2D eigenvalue weighted by Crippen LogP contribution is -2.48. The molecule has 0 saturated heterocycles. The summed E-state index contributed by atoms with van der Waals surface area (Å²) in [7, 11) is 0. The van der Waals surface area contributed by atoms with Gasteiger partial charge in [-0.1, -0.05) is 101 Å². The lowest BCUT2D eigenvalue weighted by atomic mass is 9.55. The van der Waals surface area contributed by atoms with E-state index in [-0.39, 0.29) is 17.2 Å². The van der Waals surface area contributed by atoms with Crippen molar-refractivity contribution in [1.29, 1.82) is 0 Å². The van der Waals surface area contributed by atoms with Crippen LogP contribution in [0.3, 0.4) is 0 Å². The average Bonchev–Trinajstić information content (AvgIpc) is 2.89. The number of ketones is 1. The van der Waals surface area contributed by atoms with Gasteiger partial charge in [-0.25, -0.2) is 0 Å². The zero-order chi connectivity index (χ0) is 30.3. The maximum absolute atomic E-state index is 13.9. The molecule has 0 spiro atoms. The molecule has 0 aliphatic heterocycles. The van der Waals surface area contributed by atoms with Crippen molar-refractivity contribution in [1.82, 2.24) is 0 Å². The summed E-state index contributed by atoms with van der Waals surface area (Å²) in [4.78, 5) is 13.9. The molecular formula is C39H63ClO. The van der Waals surface area contributed by atoms with Crippen LogP contribution in [0.4, 0.5) is 0 Å². The minimum absolute atomic E-state index is 0.104. The standard InChI is InChI=1S/C39H63ClO/c1-26(2)13-10-14-27(3)15-11-17-31-19-21-33-30(6)34-24-32(37(40)25-36(34)38(41)35(33)23-31)20-18-29(5)28(4)16-12-22-39(7,8)9/h13,15,19,28-29,32-37H,6,10-12,14,16-18,20-25H2,1-5,7-9H3/b27-15+. The van der Waals surface area contributed by atoms with Crippen molar-refractivity contribution >= 4 is 17.4 Å². The summed E-state index contributed by atoms with van der Waals surface area (Å²) in [6.07, 6.45) is 21.9. The number of fused-ring (bicyclic) bond motifs is 2. The molecule has 2 heteroatoms. The van der Waals surface area contributed by atoms with Gasteiger partial charge in [-0.05, 0) is 120 Å². The average molecular weight is 583 g/mol. The van der Waals surface area contributed by atoms with Crippen LogP contribution in [0.2, 0.25) is 0 Å². The molecule has 8 unspecified atom stereocenters. The summed E-state index contributed by atoms with van der Waals surface area (Å²) in [6.45, 7) is 23.2. The summed E-state index contributed by atoms with van der Waals surface area (Å²) in [6, 6.07) is 0. The van der Waals surface area contributed by atoms with E-state index in [1.54, 1.807) is 0 Å². The van der Waals surface area contributed by atoms with Crippen LogP contribution in [0.15, 0.2) is 47.1 Å². The molecule has 1 nitrogen and oxygen atoms in total. The highest BCUT2D eigenvalue weighted by atomic mass is 35.5. The van der Waals surface area contributed by atoms with Crippen molar-refractivity contribution in [3.63, 3.8) is 0 Å². The van der Waals surface area contributed by atoms with Gasteiger partial charge < -0.3 is 0 Å². The highest BCUT2D eigenvalue weighted by molar-refractivity contribution is 6.21. The van der Waals surface area contributed by atoms with E-state index in [4.69, 9.17) is 11.6 Å². The van der Waals surface area contributed by atoms with E-state index in [2.05, 4.69) is 80.2 Å². The van der Waals surface area contributed by atoms with Gasteiger partial charge in [0, 0.05) is 17.2 Å². The number of rotatable bonds is 13. The Morgan fingerprint density at radius 3 is 2.39 bits per heavy atom. The zero-order valence-corrected chi connectivity index (χ0v) is 28.8. The molecule has 2 saturated carbocycles. The molecule has 0 aromatic carbocycles. The fourth-order valence-corrected chi connectivity index (χ4v) is 8.30.